The van der Waals surface area contributed by atoms with Gasteiger partial charge in [0.1, 0.15) is 0 Å². The molecule has 5 heteroatoms. The zero-order valence-electron chi connectivity index (χ0n) is 17.5. The number of nitrogens with one attached hydrogen (secondary N) is 1. The van der Waals surface area contributed by atoms with Gasteiger partial charge in [0.25, 0.3) is 0 Å². The molecule has 0 saturated heterocycles. The van der Waals surface area contributed by atoms with Gasteiger partial charge in [-0.3, -0.25) is 5.41 Å². The zero-order valence-corrected chi connectivity index (χ0v) is 17.5. The molecule has 0 aliphatic heterocycles. The van der Waals surface area contributed by atoms with Crippen LogP contribution in [0, 0.1) is 5.41 Å². The molecule has 0 saturated carbocycles. The number of hydrogen-bond donors (Lipinski definition) is 2. The third-order valence-electron chi connectivity index (χ3n) is 5.40. The number of carbonyl (C=O) groups is 1. The topological polar surface area (TPSA) is 70.4 Å². The van der Waals surface area contributed by atoms with Gasteiger partial charge in [-0.2, -0.15) is 0 Å². The monoisotopic (exact) mass is 371 g/mol. The van der Waals surface area contributed by atoms with Gasteiger partial charge in [0.05, 0.1) is 32.7 Å². The Morgan fingerprint density at radius 3 is 1.85 bits per heavy atom. The first kappa shape index (κ1) is 24.9. The average Bonchev–Trinajstić information content (AvgIpc) is 2.63. The minimum Gasteiger partial charge on any atom is -0.481 e. The van der Waals surface area contributed by atoms with Gasteiger partial charge in [0.15, 0.2) is 12.4 Å². The first-order valence-electron chi connectivity index (χ1n) is 10.8. The van der Waals surface area contributed by atoms with Crippen LogP contribution in [0.2, 0.25) is 0 Å². The summed E-state index contributed by atoms with van der Waals surface area (Å²) in [5.41, 5.74) is 0. The molecule has 0 radical (unpaired) electrons. The van der Waals surface area contributed by atoms with Crippen molar-refractivity contribution in [2.45, 2.75) is 91.4 Å². The number of carboxylic acids is 1. The number of rotatable bonds is 18. The normalized spacial score (nSPS) is 11.5. The Hall–Kier alpha value is -1.10. The highest BCUT2D eigenvalue weighted by Crippen LogP contribution is 2.11. The van der Waals surface area contributed by atoms with Crippen LogP contribution in [0.4, 0.5) is 0 Å². The van der Waals surface area contributed by atoms with Crippen LogP contribution in [-0.4, -0.2) is 54.2 Å². The van der Waals surface area contributed by atoms with E-state index in [4.69, 9.17) is 15.3 Å². The maximum Gasteiger partial charge on any atom is 0.359 e. The summed E-state index contributed by atoms with van der Waals surface area (Å²) in [4.78, 5) is 11.1. The number of hydrogen-bond acceptors (Lipinski definition) is 3. The van der Waals surface area contributed by atoms with E-state index in [1.165, 1.54) is 57.8 Å². The van der Waals surface area contributed by atoms with E-state index in [0.29, 0.717) is 30.0 Å². The van der Waals surface area contributed by atoms with E-state index in [1.54, 1.807) is 0 Å². The Morgan fingerprint density at radius 2 is 1.38 bits per heavy atom. The summed E-state index contributed by atoms with van der Waals surface area (Å²) in [7, 11) is 0. The Bertz CT molecular complexity index is 368. The number of nitrogens with zero attached hydrogens (tertiary/aromatic N) is 1. The van der Waals surface area contributed by atoms with Crippen LogP contribution in [0.3, 0.4) is 0 Å². The lowest BCUT2D eigenvalue weighted by molar-refractivity contribution is -0.917. The molecule has 0 fully saturated rings. The highest BCUT2D eigenvalue weighted by Gasteiger charge is 2.27. The van der Waals surface area contributed by atoms with Gasteiger partial charge in [0.2, 0.25) is 0 Å². The molecular formula is C21H43N2O3+. The second-order valence-electron chi connectivity index (χ2n) is 7.45. The molecule has 2 N–H and O–H groups in total. The van der Waals surface area contributed by atoms with E-state index in [2.05, 4.69) is 6.92 Å². The molecule has 0 bridgehead atoms. The molecule has 5 nitrogen and oxygen atoms in total. The van der Waals surface area contributed by atoms with Crippen LogP contribution < -0.4 is 0 Å². The lowest BCUT2D eigenvalue weighted by Crippen LogP contribution is -2.52. The molecule has 0 heterocycles. The van der Waals surface area contributed by atoms with E-state index in [0.717, 1.165) is 19.5 Å². The smallest absolute Gasteiger partial charge is 0.359 e. The van der Waals surface area contributed by atoms with Crippen molar-refractivity contribution >= 4 is 11.9 Å². The zero-order chi connectivity index (χ0) is 19.7. The molecule has 0 aromatic heterocycles. The van der Waals surface area contributed by atoms with Crippen molar-refractivity contribution in [1.29, 1.82) is 5.41 Å². The molecule has 0 spiro atoms. The second kappa shape index (κ2) is 16.1. The molecular weight excluding hydrogens is 328 g/mol. The van der Waals surface area contributed by atoms with Gasteiger partial charge in [-0.05, 0) is 20.3 Å². The Labute approximate surface area is 161 Å². The van der Waals surface area contributed by atoms with Gasteiger partial charge in [-0.25, -0.2) is 4.79 Å². The van der Waals surface area contributed by atoms with Crippen molar-refractivity contribution in [3.63, 3.8) is 0 Å². The van der Waals surface area contributed by atoms with Crippen molar-refractivity contribution in [2.24, 2.45) is 0 Å². The summed E-state index contributed by atoms with van der Waals surface area (Å²) in [6.45, 7) is 9.23. The summed E-state index contributed by atoms with van der Waals surface area (Å²) in [6, 6.07) is 0. The van der Waals surface area contributed by atoms with Gasteiger partial charge in [0, 0.05) is 0 Å². The summed E-state index contributed by atoms with van der Waals surface area (Å²) < 4.78 is 6.04. The van der Waals surface area contributed by atoms with Gasteiger partial charge < -0.3 is 14.3 Å². The third kappa shape index (κ3) is 13.2. The quantitative estimate of drug-likeness (QED) is 0.150. The lowest BCUT2D eigenvalue weighted by Gasteiger charge is -2.35. The summed E-state index contributed by atoms with van der Waals surface area (Å²) in [6.07, 6.45) is 13.4. The van der Waals surface area contributed by atoms with E-state index in [9.17, 15) is 4.79 Å². The van der Waals surface area contributed by atoms with Crippen LogP contribution in [0.5, 0.6) is 0 Å². The maximum absolute atomic E-state index is 11.1. The fourth-order valence-electron chi connectivity index (χ4n) is 3.33. The van der Waals surface area contributed by atoms with Gasteiger partial charge in [-0.15, -0.1) is 0 Å². The number of likely N-dealkylation sites (N-methyl/N-ethyl adjacent to an activating group) is 1. The Morgan fingerprint density at radius 1 is 0.885 bits per heavy atom. The molecule has 154 valence electrons. The fourth-order valence-corrected chi connectivity index (χ4v) is 3.33. The lowest BCUT2D eigenvalue weighted by atomic mass is 10.1. The van der Waals surface area contributed by atoms with E-state index in [1.807, 2.05) is 13.8 Å². The standard InChI is InChI=1S/C21H42N2O3/c1-4-7-8-9-10-11-12-13-14-15-18-26-20(22)16-17-23(5-2,6-3)19-21(24)25/h22H,4-19H2,1-3H3/p+1. The van der Waals surface area contributed by atoms with E-state index in [-0.39, 0.29) is 6.54 Å². The fraction of sp³-hybridized carbons (Fsp3) is 0.905. The maximum atomic E-state index is 11.1. The Balaban J connectivity index is 3.66. The predicted octanol–water partition coefficient (Wildman–Crippen LogP) is 5.23. The number of ether oxygens (including phenoxy) is 1. The molecule has 0 rings (SSSR count). The summed E-state index contributed by atoms with van der Waals surface area (Å²) >= 11 is 0. The highest BCUT2D eigenvalue weighted by atomic mass is 16.5. The minimum absolute atomic E-state index is 0.124. The molecule has 0 aliphatic rings. The van der Waals surface area contributed by atoms with Crippen molar-refractivity contribution in [1.82, 2.24) is 0 Å². The Kier molecular flexibility index (Phi) is 15.4. The first-order chi connectivity index (χ1) is 12.5. The van der Waals surface area contributed by atoms with Gasteiger partial charge in [-0.1, -0.05) is 64.7 Å². The number of carboxylic acid groups (broad SMARTS) is 1. The summed E-state index contributed by atoms with van der Waals surface area (Å²) in [5.74, 6) is -0.470. The molecule has 0 aromatic rings. The summed E-state index contributed by atoms with van der Waals surface area (Å²) in [5, 5.41) is 17.0. The molecule has 0 aliphatic carbocycles. The first-order valence-corrected chi connectivity index (χ1v) is 10.8. The van der Waals surface area contributed by atoms with Crippen LogP contribution in [-0.2, 0) is 9.53 Å². The highest BCUT2D eigenvalue weighted by molar-refractivity contribution is 5.72. The van der Waals surface area contributed by atoms with E-state index < -0.39 is 5.97 Å². The molecule has 0 unspecified atom stereocenters. The number of unbranched alkanes of at least 4 members (excludes halogenated alkanes) is 9. The van der Waals surface area contributed by atoms with Crippen LogP contribution in [0.1, 0.15) is 91.4 Å². The SMILES string of the molecule is CCCCCCCCCCCCOC(=N)CC[N+](CC)(CC)CC(=O)O. The number of quaternary nitrogens is 1. The van der Waals surface area contributed by atoms with Crippen molar-refractivity contribution in [2.75, 3.05) is 32.8 Å². The van der Waals surface area contributed by atoms with Crippen molar-refractivity contribution < 1.29 is 19.1 Å². The largest absolute Gasteiger partial charge is 0.481 e. The molecule has 0 amide bonds. The van der Waals surface area contributed by atoms with Crippen molar-refractivity contribution in [3.05, 3.63) is 0 Å². The second-order valence-corrected chi connectivity index (χ2v) is 7.45. The molecule has 26 heavy (non-hydrogen) atoms. The van der Waals surface area contributed by atoms with Crippen LogP contribution in [0.25, 0.3) is 0 Å². The van der Waals surface area contributed by atoms with E-state index >= 15 is 0 Å². The van der Waals surface area contributed by atoms with Gasteiger partial charge >= 0.3 is 5.97 Å². The number of aliphatic carboxylic acids is 1. The third-order valence-corrected chi connectivity index (χ3v) is 5.40. The average molecular weight is 372 g/mol. The minimum atomic E-state index is -0.772. The van der Waals surface area contributed by atoms with Crippen molar-refractivity contribution in [3.8, 4) is 0 Å². The van der Waals surface area contributed by atoms with Crippen LogP contribution in [0.15, 0.2) is 0 Å². The molecule has 0 aromatic carbocycles. The predicted molar refractivity (Wildman–Crippen MR) is 109 cm³/mol. The molecule has 0 atom stereocenters. The van der Waals surface area contributed by atoms with Crippen LogP contribution >= 0.6 is 0 Å².